The summed E-state index contributed by atoms with van der Waals surface area (Å²) in [6.07, 6.45) is 17.8. The molecule has 2 rings (SSSR count). The van der Waals surface area contributed by atoms with Gasteiger partial charge in [0.25, 0.3) is 0 Å². The van der Waals surface area contributed by atoms with Crippen molar-refractivity contribution >= 4 is 0 Å². The highest BCUT2D eigenvalue weighted by molar-refractivity contribution is 4.85. The summed E-state index contributed by atoms with van der Waals surface area (Å²) in [6, 6.07) is 0.812. The first-order valence-electron chi connectivity index (χ1n) is 9.58. The van der Waals surface area contributed by atoms with Crippen molar-refractivity contribution in [1.82, 2.24) is 5.32 Å². The second kappa shape index (κ2) is 9.07. The summed E-state index contributed by atoms with van der Waals surface area (Å²) in [5.41, 5.74) is 0. The summed E-state index contributed by atoms with van der Waals surface area (Å²) in [5, 5.41) is 3.86. The third-order valence-corrected chi connectivity index (χ3v) is 6.09. The highest BCUT2D eigenvalue weighted by atomic mass is 14.9. The molecule has 0 aromatic rings. The molecular weight excluding hydrogens is 242 g/mol. The Bertz CT molecular complexity index is 244. The fraction of sp³-hybridized carbons (Fsp3) is 1.00. The van der Waals surface area contributed by atoms with Crippen LogP contribution in [-0.4, -0.2) is 12.6 Å². The molecule has 0 aromatic carbocycles. The van der Waals surface area contributed by atoms with Crippen molar-refractivity contribution < 1.29 is 0 Å². The van der Waals surface area contributed by atoms with Gasteiger partial charge in [0.15, 0.2) is 0 Å². The van der Waals surface area contributed by atoms with Crippen LogP contribution in [0.4, 0.5) is 0 Å². The molecule has 2 aliphatic rings. The molecule has 2 fully saturated rings. The van der Waals surface area contributed by atoms with Crippen molar-refractivity contribution in [3.05, 3.63) is 0 Å². The van der Waals surface area contributed by atoms with Gasteiger partial charge in [-0.3, -0.25) is 0 Å². The Labute approximate surface area is 127 Å². The van der Waals surface area contributed by atoms with E-state index in [1.165, 1.54) is 77.0 Å². The lowest BCUT2D eigenvalue weighted by Crippen LogP contribution is -2.41. The predicted molar refractivity (Wildman–Crippen MR) is 89.0 cm³/mol. The van der Waals surface area contributed by atoms with Gasteiger partial charge in [-0.15, -0.1) is 0 Å². The molecule has 0 amide bonds. The van der Waals surface area contributed by atoms with Gasteiger partial charge < -0.3 is 5.32 Å². The van der Waals surface area contributed by atoms with Gasteiger partial charge in [0, 0.05) is 6.04 Å². The van der Waals surface area contributed by atoms with Crippen LogP contribution in [0.25, 0.3) is 0 Å². The minimum atomic E-state index is 0.812. The summed E-state index contributed by atoms with van der Waals surface area (Å²) in [7, 11) is 0. The third-order valence-electron chi connectivity index (χ3n) is 6.09. The van der Waals surface area contributed by atoms with E-state index >= 15 is 0 Å². The van der Waals surface area contributed by atoms with E-state index in [0.717, 1.165) is 30.3 Å². The third kappa shape index (κ3) is 4.76. The molecule has 1 nitrogen and oxygen atoms in total. The SMILES string of the molecule is CCNC(CCC1CCCCC1)C1CCCCC1CC. The molecule has 1 heteroatoms. The molecule has 2 aliphatic carbocycles. The second-order valence-corrected chi connectivity index (χ2v) is 7.36. The largest absolute Gasteiger partial charge is 0.314 e. The van der Waals surface area contributed by atoms with E-state index in [4.69, 9.17) is 0 Å². The Hall–Kier alpha value is -0.0400. The molecular formula is C19H37N. The van der Waals surface area contributed by atoms with Crippen molar-refractivity contribution in [2.75, 3.05) is 6.54 Å². The minimum Gasteiger partial charge on any atom is -0.314 e. The first-order valence-corrected chi connectivity index (χ1v) is 9.58. The molecule has 3 atom stereocenters. The molecule has 0 bridgehead atoms. The summed E-state index contributed by atoms with van der Waals surface area (Å²) in [5.74, 6) is 3.02. The zero-order chi connectivity index (χ0) is 14.2. The molecule has 0 aromatic heterocycles. The molecule has 0 spiro atoms. The van der Waals surface area contributed by atoms with Gasteiger partial charge in [-0.1, -0.05) is 71.6 Å². The summed E-state index contributed by atoms with van der Waals surface area (Å²) >= 11 is 0. The van der Waals surface area contributed by atoms with Crippen LogP contribution < -0.4 is 5.32 Å². The second-order valence-electron chi connectivity index (χ2n) is 7.36. The standard InChI is InChI=1S/C19H37N/c1-3-17-12-8-9-13-18(17)19(20-4-2)15-14-16-10-6-5-7-11-16/h16-20H,3-15H2,1-2H3. The molecule has 0 saturated heterocycles. The van der Waals surface area contributed by atoms with Gasteiger partial charge in [-0.05, 0) is 43.6 Å². The van der Waals surface area contributed by atoms with E-state index in [-0.39, 0.29) is 0 Å². The van der Waals surface area contributed by atoms with Crippen molar-refractivity contribution in [2.24, 2.45) is 17.8 Å². The smallest absolute Gasteiger partial charge is 0.00979 e. The Balaban J connectivity index is 1.84. The Morgan fingerprint density at radius 1 is 0.900 bits per heavy atom. The van der Waals surface area contributed by atoms with Crippen molar-refractivity contribution in [3.8, 4) is 0 Å². The van der Waals surface area contributed by atoms with E-state index in [9.17, 15) is 0 Å². The Morgan fingerprint density at radius 2 is 1.60 bits per heavy atom. The zero-order valence-corrected chi connectivity index (χ0v) is 14.0. The van der Waals surface area contributed by atoms with Gasteiger partial charge in [0.2, 0.25) is 0 Å². The first-order chi connectivity index (χ1) is 9.85. The van der Waals surface area contributed by atoms with Crippen LogP contribution in [0.15, 0.2) is 0 Å². The fourth-order valence-corrected chi connectivity index (χ4v) is 4.89. The number of hydrogen-bond acceptors (Lipinski definition) is 1. The van der Waals surface area contributed by atoms with Gasteiger partial charge in [0.1, 0.15) is 0 Å². The lowest BCUT2D eigenvalue weighted by atomic mass is 9.72. The lowest BCUT2D eigenvalue weighted by Gasteiger charge is -2.38. The van der Waals surface area contributed by atoms with E-state index < -0.39 is 0 Å². The highest BCUT2D eigenvalue weighted by Gasteiger charge is 2.30. The molecule has 3 unspecified atom stereocenters. The maximum Gasteiger partial charge on any atom is 0.00979 e. The Morgan fingerprint density at radius 3 is 2.30 bits per heavy atom. The lowest BCUT2D eigenvalue weighted by molar-refractivity contribution is 0.161. The summed E-state index contributed by atoms with van der Waals surface area (Å²) in [4.78, 5) is 0. The van der Waals surface area contributed by atoms with Crippen molar-refractivity contribution in [3.63, 3.8) is 0 Å². The molecule has 0 radical (unpaired) electrons. The molecule has 2 saturated carbocycles. The predicted octanol–water partition coefficient (Wildman–Crippen LogP) is 5.54. The van der Waals surface area contributed by atoms with Crippen molar-refractivity contribution in [1.29, 1.82) is 0 Å². The summed E-state index contributed by atoms with van der Waals surface area (Å²) in [6.45, 7) is 5.85. The normalized spacial score (nSPS) is 30.3. The Kier molecular flexibility index (Phi) is 7.41. The number of nitrogens with one attached hydrogen (secondary N) is 1. The van der Waals surface area contributed by atoms with E-state index in [2.05, 4.69) is 19.2 Å². The number of rotatable bonds is 7. The topological polar surface area (TPSA) is 12.0 Å². The van der Waals surface area contributed by atoms with Gasteiger partial charge in [0.05, 0.1) is 0 Å². The maximum atomic E-state index is 3.86. The molecule has 118 valence electrons. The maximum absolute atomic E-state index is 3.86. The molecule has 0 heterocycles. The fourth-order valence-electron chi connectivity index (χ4n) is 4.89. The molecule has 1 N–H and O–H groups in total. The van der Waals surface area contributed by atoms with E-state index in [1.807, 2.05) is 0 Å². The first kappa shape index (κ1) is 16.3. The van der Waals surface area contributed by atoms with Crippen LogP contribution in [0.1, 0.15) is 90.9 Å². The van der Waals surface area contributed by atoms with Crippen LogP contribution in [-0.2, 0) is 0 Å². The van der Waals surface area contributed by atoms with Gasteiger partial charge in [-0.2, -0.15) is 0 Å². The van der Waals surface area contributed by atoms with Gasteiger partial charge >= 0.3 is 0 Å². The van der Waals surface area contributed by atoms with Gasteiger partial charge in [-0.25, -0.2) is 0 Å². The zero-order valence-electron chi connectivity index (χ0n) is 14.0. The summed E-state index contributed by atoms with van der Waals surface area (Å²) < 4.78 is 0. The highest BCUT2D eigenvalue weighted by Crippen LogP contribution is 2.37. The average Bonchev–Trinajstić information content (AvgIpc) is 2.52. The number of hydrogen-bond donors (Lipinski definition) is 1. The average molecular weight is 280 g/mol. The van der Waals surface area contributed by atoms with Crippen LogP contribution >= 0.6 is 0 Å². The quantitative estimate of drug-likeness (QED) is 0.645. The molecule has 20 heavy (non-hydrogen) atoms. The van der Waals surface area contributed by atoms with Crippen molar-refractivity contribution in [2.45, 2.75) is 96.9 Å². The van der Waals surface area contributed by atoms with E-state index in [0.29, 0.717) is 0 Å². The monoisotopic (exact) mass is 279 g/mol. The molecule has 0 aliphatic heterocycles. The van der Waals surface area contributed by atoms with E-state index in [1.54, 1.807) is 0 Å². The van der Waals surface area contributed by atoms with Crippen LogP contribution in [0.5, 0.6) is 0 Å². The minimum absolute atomic E-state index is 0.812. The van der Waals surface area contributed by atoms with Crippen LogP contribution in [0, 0.1) is 17.8 Å². The van der Waals surface area contributed by atoms with Crippen LogP contribution in [0.2, 0.25) is 0 Å². The van der Waals surface area contributed by atoms with Crippen LogP contribution in [0.3, 0.4) is 0 Å².